The molecule has 0 radical (unpaired) electrons. The Morgan fingerprint density at radius 3 is 2.80 bits per heavy atom. The molecule has 78 valence electrons. The van der Waals surface area contributed by atoms with Gasteiger partial charge >= 0.3 is 5.97 Å². The molecule has 2 aromatic heterocycles. The van der Waals surface area contributed by atoms with E-state index in [4.69, 9.17) is 5.11 Å². The molecule has 0 saturated heterocycles. The van der Waals surface area contributed by atoms with E-state index in [9.17, 15) is 9.90 Å². The molecule has 1 atom stereocenters. The lowest BCUT2D eigenvalue weighted by Gasteiger charge is -2.05. The first-order valence-corrected chi connectivity index (χ1v) is 5.84. The molecule has 15 heavy (non-hydrogen) atoms. The van der Waals surface area contributed by atoms with Crippen LogP contribution in [-0.4, -0.2) is 21.2 Å². The first-order valence-electron chi connectivity index (χ1n) is 4.08. The van der Waals surface area contributed by atoms with Gasteiger partial charge in [0.1, 0.15) is 11.1 Å². The number of aromatic nitrogens is 1. The molecule has 0 spiro atoms. The van der Waals surface area contributed by atoms with Gasteiger partial charge in [0.05, 0.1) is 10.4 Å². The predicted molar refractivity (Wildman–Crippen MR) is 57.5 cm³/mol. The minimum Gasteiger partial charge on any atom is -0.478 e. The van der Waals surface area contributed by atoms with Crippen LogP contribution in [0.2, 0.25) is 0 Å². The Morgan fingerprint density at radius 2 is 2.20 bits per heavy atom. The largest absolute Gasteiger partial charge is 0.478 e. The summed E-state index contributed by atoms with van der Waals surface area (Å²) in [5.41, 5.74) is 0.141. The molecule has 0 aliphatic rings. The average Bonchev–Trinajstić information content (AvgIpc) is 2.88. The van der Waals surface area contributed by atoms with E-state index >= 15 is 0 Å². The first kappa shape index (κ1) is 10.3. The molecule has 2 aromatic rings. The number of aromatic carboxylic acids is 1. The van der Waals surface area contributed by atoms with Gasteiger partial charge in [0.15, 0.2) is 0 Å². The Morgan fingerprint density at radius 1 is 1.40 bits per heavy atom. The molecular formula is C9H7NO3S2. The maximum Gasteiger partial charge on any atom is 0.336 e. The molecule has 1 unspecified atom stereocenters. The number of aliphatic hydroxyl groups is 1. The fraction of sp³-hybridized carbons (Fsp3) is 0.111. The maximum atomic E-state index is 10.8. The normalized spacial score (nSPS) is 12.6. The van der Waals surface area contributed by atoms with Gasteiger partial charge in [-0.3, -0.25) is 0 Å². The lowest BCUT2D eigenvalue weighted by molar-refractivity contribution is 0.0692. The van der Waals surface area contributed by atoms with Gasteiger partial charge in [-0.05, 0) is 11.4 Å². The molecule has 2 heterocycles. The lowest BCUT2D eigenvalue weighted by atomic mass is 10.2. The molecule has 0 aromatic carbocycles. The fourth-order valence-electron chi connectivity index (χ4n) is 1.19. The predicted octanol–water partition coefficient (Wildman–Crippen LogP) is 1.98. The molecule has 0 fully saturated rings. The zero-order valence-corrected chi connectivity index (χ0v) is 9.09. The third kappa shape index (κ3) is 1.92. The second-order valence-corrected chi connectivity index (χ2v) is 4.65. The van der Waals surface area contributed by atoms with Crippen molar-refractivity contribution in [1.82, 2.24) is 4.98 Å². The standard InChI is InChI=1S/C9H7NO3S2/c11-6(8-10-2-4-15-8)7-5(9(12)13)1-3-14-7/h1-4,6,11H,(H,12,13). The van der Waals surface area contributed by atoms with Gasteiger partial charge in [-0.25, -0.2) is 9.78 Å². The number of carboxylic acids is 1. The van der Waals surface area contributed by atoms with Crippen LogP contribution in [0.5, 0.6) is 0 Å². The SMILES string of the molecule is O=C(O)c1ccsc1C(O)c1nccs1. The van der Waals surface area contributed by atoms with E-state index < -0.39 is 12.1 Å². The second kappa shape index (κ2) is 4.09. The Hall–Kier alpha value is -1.24. The van der Waals surface area contributed by atoms with Crippen molar-refractivity contribution in [3.8, 4) is 0 Å². The molecule has 0 saturated carbocycles. The third-order valence-electron chi connectivity index (χ3n) is 1.86. The summed E-state index contributed by atoms with van der Waals surface area (Å²) in [6, 6.07) is 1.49. The first-order chi connectivity index (χ1) is 7.20. The van der Waals surface area contributed by atoms with Crippen molar-refractivity contribution in [3.05, 3.63) is 38.5 Å². The Labute approximate surface area is 93.5 Å². The second-order valence-electron chi connectivity index (χ2n) is 2.78. The van der Waals surface area contributed by atoms with Crippen molar-refractivity contribution in [2.45, 2.75) is 6.10 Å². The van der Waals surface area contributed by atoms with Crippen molar-refractivity contribution in [3.63, 3.8) is 0 Å². The van der Waals surface area contributed by atoms with Crippen molar-refractivity contribution < 1.29 is 15.0 Å². The summed E-state index contributed by atoms with van der Waals surface area (Å²) in [4.78, 5) is 15.2. The zero-order valence-electron chi connectivity index (χ0n) is 7.45. The van der Waals surface area contributed by atoms with Crippen LogP contribution in [0.1, 0.15) is 26.3 Å². The Kier molecular flexibility index (Phi) is 2.81. The van der Waals surface area contributed by atoms with Gasteiger partial charge in [-0.1, -0.05) is 0 Å². The molecule has 2 N–H and O–H groups in total. The molecule has 0 aliphatic carbocycles. The summed E-state index contributed by atoms with van der Waals surface area (Å²) in [6.45, 7) is 0. The number of hydrogen-bond acceptors (Lipinski definition) is 5. The Balaban J connectivity index is 2.37. The van der Waals surface area contributed by atoms with Crippen molar-refractivity contribution in [2.75, 3.05) is 0 Å². The van der Waals surface area contributed by atoms with Crippen LogP contribution >= 0.6 is 22.7 Å². The number of carbonyl (C=O) groups is 1. The van der Waals surface area contributed by atoms with Gasteiger partial charge in [-0.15, -0.1) is 22.7 Å². The van der Waals surface area contributed by atoms with Gasteiger partial charge in [0.2, 0.25) is 0 Å². The maximum absolute atomic E-state index is 10.8. The van der Waals surface area contributed by atoms with Gasteiger partial charge < -0.3 is 10.2 Å². The van der Waals surface area contributed by atoms with E-state index in [1.54, 1.807) is 17.0 Å². The van der Waals surface area contributed by atoms with E-state index in [2.05, 4.69) is 4.98 Å². The van der Waals surface area contributed by atoms with Crippen LogP contribution in [0.4, 0.5) is 0 Å². The summed E-state index contributed by atoms with van der Waals surface area (Å²) >= 11 is 2.52. The summed E-state index contributed by atoms with van der Waals surface area (Å²) in [5.74, 6) is -1.03. The molecule has 0 amide bonds. The van der Waals surface area contributed by atoms with E-state index in [0.29, 0.717) is 9.88 Å². The number of thiazole rings is 1. The molecule has 0 bridgehead atoms. The number of thiophene rings is 1. The van der Waals surface area contributed by atoms with Crippen molar-refractivity contribution in [2.24, 2.45) is 0 Å². The van der Waals surface area contributed by atoms with Crippen molar-refractivity contribution >= 4 is 28.6 Å². The monoisotopic (exact) mass is 241 g/mol. The highest BCUT2D eigenvalue weighted by Gasteiger charge is 2.21. The molecule has 0 aliphatic heterocycles. The molecule has 4 nitrogen and oxygen atoms in total. The number of carboxylic acid groups (broad SMARTS) is 1. The van der Waals surface area contributed by atoms with Crippen LogP contribution in [0, 0.1) is 0 Å². The van der Waals surface area contributed by atoms with Crippen LogP contribution in [0.25, 0.3) is 0 Å². The van der Waals surface area contributed by atoms with E-state index in [1.165, 1.54) is 28.7 Å². The number of hydrogen-bond donors (Lipinski definition) is 2. The third-order valence-corrected chi connectivity index (χ3v) is 3.66. The quantitative estimate of drug-likeness (QED) is 0.862. The summed E-state index contributed by atoms with van der Waals surface area (Å²) in [5, 5.41) is 22.7. The number of rotatable bonds is 3. The number of nitrogens with zero attached hydrogens (tertiary/aromatic N) is 1. The van der Waals surface area contributed by atoms with Gasteiger partial charge in [0.25, 0.3) is 0 Å². The van der Waals surface area contributed by atoms with Crippen LogP contribution in [-0.2, 0) is 0 Å². The van der Waals surface area contributed by atoms with Crippen LogP contribution < -0.4 is 0 Å². The minimum atomic E-state index is -1.03. The molecule has 2 rings (SSSR count). The van der Waals surface area contributed by atoms with E-state index in [1.807, 2.05) is 0 Å². The molecular weight excluding hydrogens is 234 g/mol. The Bertz CT molecular complexity index is 463. The van der Waals surface area contributed by atoms with Crippen LogP contribution in [0.15, 0.2) is 23.0 Å². The van der Waals surface area contributed by atoms with Gasteiger partial charge in [0, 0.05) is 11.6 Å². The summed E-state index contributed by atoms with van der Waals surface area (Å²) in [7, 11) is 0. The van der Waals surface area contributed by atoms with Crippen LogP contribution in [0.3, 0.4) is 0 Å². The highest BCUT2D eigenvalue weighted by molar-refractivity contribution is 7.11. The highest BCUT2D eigenvalue weighted by atomic mass is 32.1. The zero-order chi connectivity index (χ0) is 10.8. The molecule has 6 heteroatoms. The van der Waals surface area contributed by atoms with Gasteiger partial charge in [-0.2, -0.15) is 0 Å². The highest BCUT2D eigenvalue weighted by Crippen LogP contribution is 2.30. The summed E-state index contributed by atoms with van der Waals surface area (Å²) < 4.78 is 0. The van der Waals surface area contributed by atoms with E-state index in [0.717, 1.165) is 0 Å². The topological polar surface area (TPSA) is 70.4 Å². The average molecular weight is 241 g/mol. The number of aliphatic hydroxyl groups excluding tert-OH is 1. The fourth-order valence-corrected chi connectivity index (χ4v) is 2.77. The summed E-state index contributed by atoms with van der Waals surface area (Å²) in [6.07, 6.45) is 0.646. The van der Waals surface area contributed by atoms with Crippen molar-refractivity contribution in [1.29, 1.82) is 0 Å². The minimum absolute atomic E-state index is 0.141. The smallest absolute Gasteiger partial charge is 0.336 e. The lowest BCUT2D eigenvalue weighted by Crippen LogP contribution is -2.04. The van der Waals surface area contributed by atoms with E-state index in [-0.39, 0.29) is 5.56 Å².